The van der Waals surface area contributed by atoms with Gasteiger partial charge in [-0.25, -0.2) is 4.98 Å². The van der Waals surface area contributed by atoms with Crippen molar-refractivity contribution in [2.75, 3.05) is 0 Å². The molecule has 21 heavy (non-hydrogen) atoms. The Morgan fingerprint density at radius 3 is 2.57 bits per heavy atom. The lowest BCUT2D eigenvalue weighted by molar-refractivity contribution is -0.138. The van der Waals surface area contributed by atoms with Crippen molar-refractivity contribution in [3.63, 3.8) is 0 Å². The van der Waals surface area contributed by atoms with Crippen molar-refractivity contribution in [1.82, 2.24) is 9.97 Å². The van der Waals surface area contributed by atoms with Gasteiger partial charge in [0.15, 0.2) is 0 Å². The van der Waals surface area contributed by atoms with Crippen LogP contribution in [0.2, 0.25) is 5.15 Å². The highest BCUT2D eigenvalue weighted by Gasteiger charge is 2.34. The molecule has 0 unspecified atom stereocenters. The van der Waals surface area contributed by atoms with Crippen LogP contribution in [0.3, 0.4) is 0 Å². The molecule has 0 amide bonds. The molecule has 1 heterocycles. The predicted molar refractivity (Wildman–Crippen MR) is 72.6 cm³/mol. The summed E-state index contributed by atoms with van der Waals surface area (Å²) in [7, 11) is 0. The summed E-state index contributed by atoms with van der Waals surface area (Å²) in [4.78, 5) is 8.05. The molecule has 0 radical (unpaired) electrons. The molecule has 1 aromatic heterocycles. The van der Waals surface area contributed by atoms with Crippen molar-refractivity contribution in [2.45, 2.75) is 25.9 Å². The Bertz CT molecular complexity index is 632. The largest absolute Gasteiger partial charge is 0.438 e. The van der Waals surface area contributed by atoms with Crippen LogP contribution in [-0.4, -0.2) is 9.97 Å². The van der Waals surface area contributed by atoms with Crippen LogP contribution >= 0.6 is 11.6 Å². The third kappa shape index (κ3) is 4.07. The first-order valence-corrected chi connectivity index (χ1v) is 6.65. The minimum atomic E-state index is -4.50. The van der Waals surface area contributed by atoms with Gasteiger partial charge in [0.05, 0.1) is 5.56 Å². The van der Waals surface area contributed by atoms with E-state index in [1.54, 1.807) is 0 Å². The Labute approximate surface area is 124 Å². The van der Waals surface area contributed by atoms with Crippen molar-refractivity contribution in [1.29, 1.82) is 0 Å². The van der Waals surface area contributed by atoms with Gasteiger partial charge in [0.2, 0.25) is 5.88 Å². The zero-order chi connectivity index (χ0) is 15.5. The first kappa shape index (κ1) is 15.6. The quantitative estimate of drug-likeness (QED) is 0.753. The number of hydrogen-bond donors (Lipinski definition) is 0. The standard InChI is InChI=1S/C14H12ClF3N2O/c1-2-5-12-19-11(15)8-13(20-12)21-10-7-4-3-6-9(10)14(16,17)18/h3-4,6-8H,2,5H2,1H3. The summed E-state index contributed by atoms with van der Waals surface area (Å²) in [5.41, 5.74) is -0.864. The Balaban J connectivity index is 2.35. The van der Waals surface area contributed by atoms with Crippen LogP contribution in [0, 0.1) is 0 Å². The van der Waals surface area contributed by atoms with Crippen LogP contribution in [-0.2, 0) is 12.6 Å². The molecule has 0 aliphatic heterocycles. The maximum atomic E-state index is 12.9. The van der Waals surface area contributed by atoms with Crippen molar-refractivity contribution < 1.29 is 17.9 Å². The van der Waals surface area contributed by atoms with Gasteiger partial charge in [0.1, 0.15) is 16.7 Å². The van der Waals surface area contributed by atoms with Crippen LogP contribution in [0.5, 0.6) is 11.6 Å². The van der Waals surface area contributed by atoms with Crippen molar-refractivity contribution in [3.8, 4) is 11.6 Å². The summed E-state index contributed by atoms with van der Waals surface area (Å²) >= 11 is 5.83. The van der Waals surface area contributed by atoms with Crippen molar-refractivity contribution in [3.05, 3.63) is 46.9 Å². The summed E-state index contributed by atoms with van der Waals surface area (Å²) in [5, 5.41) is 0.132. The molecule has 0 saturated carbocycles. The molecular formula is C14H12ClF3N2O. The molecule has 2 rings (SSSR count). The van der Waals surface area contributed by atoms with E-state index < -0.39 is 11.7 Å². The summed E-state index contributed by atoms with van der Waals surface area (Å²) in [5.74, 6) is 0.113. The van der Waals surface area contributed by atoms with Crippen LogP contribution in [0.25, 0.3) is 0 Å². The van der Waals surface area contributed by atoms with E-state index in [1.807, 2.05) is 6.92 Å². The summed E-state index contributed by atoms with van der Waals surface area (Å²) in [6.45, 7) is 1.93. The van der Waals surface area contributed by atoms with Crippen LogP contribution < -0.4 is 4.74 Å². The van der Waals surface area contributed by atoms with E-state index in [2.05, 4.69) is 9.97 Å². The molecule has 1 aromatic carbocycles. The normalized spacial score (nSPS) is 11.5. The Morgan fingerprint density at radius 1 is 1.19 bits per heavy atom. The van der Waals surface area contributed by atoms with Gasteiger partial charge in [-0.05, 0) is 18.6 Å². The number of alkyl halides is 3. The second-order valence-corrected chi connectivity index (χ2v) is 4.68. The molecular weight excluding hydrogens is 305 g/mol. The molecule has 0 aliphatic carbocycles. The Morgan fingerprint density at radius 2 is 1.90 bits per heavy atom. The highest BCUT2D eigenvalue weighted by atomic mass is 35.5. The van der Waals surface area contributed by atoms with E-state index in [4.69, 9.17) is 16.3 Å². The third-order valence-corrected chi connectivity index (χ3v) is 2.79. The fourth-order valence-corrected chi connectivity index (χ4v) is 1.92. The van der Waals surface area contributed by atoms with Gasteiger partial charge in [-0.2, -0.15) is 18.2 Å². The first-order valence-electron chi connectivity index (χ1n) is 6.27. The second kappa shape index (κ2) is 6.30. The number of nitrogens with zero attached hydrogens (tertiary/aromatic N) is 2. The number of para-hydroxylation sites is 1. The molecule has 0 fully saturated rings. The molecule has 2 aromatic rings. The number of hydrogen-bond acceptors (Lipinski definition) is 3. The fraction of sp³-hybridized carbons (Fsp3) is 0.286. The minimum Gasteiger partial charge on any atom is -0.438 e. The molecule has 7 heteroatoms. The predicted octanol–water partition coefficient (Wildman–Crippen LogP) is 4.89. The van der Waals surface area contributed by atoms with Crippen LogP contribution in [0.1, 0.15) is 24.7 Å². The molecule has 0 aliphatic rings. The molecule has 3 nitrogen and oxygen atoms in total. The van der Waals surface area contributed by atoms with Crippen LogP contribution in [0.15, 0.2) is 30.3 Å². The van der Waals surface area contributed by atoms with Crippen molar-refractivity contribution >= 4 is 11.6 Å². The SMILES string of the molecule is CCCc1nc(Cl)cc(Oc2ccccc2C(F)(F)F)n1. The lowest BCUT2D eigenvalue weighted by Crippen LogP contribution is -2.07. The number of aromatic nitrogens is 2. The lowest BCUT2D eigenvalue weighted by atomic mass is 10.2. The number of halogens is 4. The van der Waals surface area contributed by atoms with Gasteiger partial charge in [-0.1, -0.05) is 30.7 Å². The molecule has 0 atom stereocenters. The maximum absolute atomic E-state index is 12.9. The Hall–Kier alpha value is -1.82. The average Bonchev–Trinajstić information content (AvgIpc) is 2.37. The highest BCUT2D eigenvalue weighted by Crippen LogP contribution is 2.37. The zero-order valence-corrected chi connectivity index (χ0v) is 11.9. The molecule has 0 saturated heterocycles. The van der Waals surface area contributed by atoms with E-state index >= 15 is 0 Å². The monoisotopic (exact) mass is 316 g/mol. The van der Waals surface area contributed by atoms with E-state index in [-0.39, 0.29) is 16.8 Å². The summed E-state index contributed by atoms with van der Waals surface area (Å²) < 4.78 is 43.9. The zero-order valence-electron chi connectivity index (χ0n) is 11.1. The number of ether oxygens (including phenoxy) is 1. The van der Waals surface area contributed by atoms with Gasteiger partial charge in [0.25, 0.3) is 0 Å². The molecule has 112 valence electrons. The number of aryl methyl sites for hydroxylation is 1. The minimum absolute atomic E-state index is 0.00449. The lowest BCUT2D eigenvalue weighted by Gasteiger charge is -2.13. The van der Waals surface area contributed by atoms with Gasteiger partial charge < -0.3 is 4.74 Å². The fourth-order valence-electron chi connectivity index (χ4n) is 1.73. The summed E-state index contributed by atoms with van der Waals surface area (Å²) in [6, 6.07) is 6.22. The van der Waals surface area contributed by atoms with Gasteiger partial charge in [0, 0.05) is 12.5 Å². The molecule has 0 N–H and O–H groups in total. The number of rotatable bonds is 4. The average molecular weight is 317 g/mol. The third-order valence-electron chi connectivity index (χ3n) is 2.60. The highest BCUT2D eigenvalue weighted by molar-refractivity contribution is 6.29. The Kier molecular flexibility index (Phi) is 4.67. The van der Waals surface area contributed by atoms with E-state index in [0.29, 0.717) is 12.2 Å². The van der Waals surface area contributed by atoms with E-state index in [9.17, 15) is 13.2 Å². The number of benzene rings is 1. The van der Waals surface area contributed by atoms with Gasteiger partial charge >= 0.3 is 6.18 Å². The summed E-state index contributed by atoms with van der Waals surface area (Å²) in [6.07, 6.45) is -3.14. The second-order valence-electron chi connectivity index (χ2n) is 4.29. The van der Waals surface area contributed by atoms with Gasteiger partial charge in [-0.3, -0.25) is 0 Å². The van der Waals surface area contributed by atoms with Gasteiger partial charge in [-0.15, -0.1) is 0 Å². The molecule has 0 bridgehead atoms. The first-order chi connectivity index (χ1) is 9.90. The maximum Gasteiger partial charge on any atom is 0.419 e. The topological polar surface area (TPSA) is 35.0 Å². The van der Waals surface area contributed by atoms with Crippen molar-refractivity contribution in [2.24, 2.45) is 0 Å². The molecule has 0 spiro atoms. The van der Waals surface area contributed by atoms with Crippen LogP contribution in [0.4, 0.5) is 13.2 Å². The van der Waals surface area contributed by atoms with E-state index in [0.717, 1.165) is 12.5 Å². The smallest absolute Gasteiger partial charge is 0.419 e. The van der Waals surface area contributed by atoms with E-state index in [1.165, 1.54) is 24.3 Å².